The molecule has 0 aliphatic rings. The van der Waals surface area contributed by atoms with Crippen molar-refractivity contribution in [3.8, 4) is 0 Å². The normalized spacial score (nSPS) is 10.0. The van der Waals surface area contributed by atoms with Gasteiger partial charge in [0.2, 0.25) is 0 Å². The van der Waals surface area contributed by atoms with Gasteiger partial charge in [-0.05, 0) is 33.0 Å². The molecule has 2 nitrogen and oxygen atoms in total. The van der Waals surface area contributed by atoms with Gasteiger partial charge in [0.15, 0.2) is 5.11 Å². The molecule has 0 amide bonds. The molecule has 0 rings (SSSR count). The summed E-state index contributed by atoms with van der Waals surface area (Å²) in [6.45, 7) is 7.39. The van der Waals surface area contributed by atoms with Crippen LogP contribution in [0, 0.1) is 0 Å². The smallest absolute Gasteiger partial charge is 0.180 e. The number of nitrogens with zero attached hydrogens (tertiary/aromatic N) is 2. The van der Waals surface area contributed by atoms with Crippen molar-refractivity contribution in [2.45, 2.75) is 26.8 Å². The van der Waals surface area contributed by atoms with E-state index in [0.29, 0.717) is 6.04 Å². The largest absolute Gasteiger partial charge is 0.346 e. The Bertz CT molecular complexity index is 136. The number of halogens is 1. The maximum absolute atomic E-state index is 5.22. The summed E-state index contributed by atoms with van der Waals surface area (Å²) in [5.74, 6) is 0. The lowest BCUT2D eigenvalue weighted by atomic mass is 10.3. The van der Waals surface area contributed by atoms with E-state index < -0.39 is 0 Å². The Kier molecular flexibility index (Phi) is 5.33. The summed E-state index contributed by atoms with van der Waals surface area (Å²) in [6, 6.07) is 0.490. The van der Waals surface area contributed by atoms with Gasteiger partial charge in [0.05, 0.1) is 22.9 Å². The molecule has 0 aromatic carbocycles. The number of hydrogen-bond donors (Lipinski definition) is 0. The van der Waals surface area contributed by atoms with Crippen molar-refractivity contribution in [1.29, 1.82) is 0 Å². The van der Waals surface area contributed by atoms with Gasteiger partial charge in [-0.3, -0.25) is 3.11 Å². The Morgan fingerprint density at radius 2 is 2.00 bits per heavy atom. The molecule has 0 aliphatic heterocycles. The van der Waals surface area contributed by atoms with Crippen LogP contribution in [0.1, 0.15) is 20.8 Å². The van der Waals surface area contributed by atoms with Gasteiger partial charge in [0, 0.05) is 19.6 Å². The average molecular weight is 286 g/mol. The van der Waals surface area contributed by atoms with Crippen LogP contribution < -0.4 is 0 Å². The molecule has 0 spiro atoms. The number of rotatable bonds is 2. The predicted molar refractivity (Wildman–Crippen MR) is 61.9 cm³/mol. The number of hydrogen-bond acceptors (Lipinski definition) is 1. The minimum atomic E-state index is 0.490. The first-order chi connectivity index (χ1) is 5.00. The number of thiocarbonyl (C=S) groups is 1. The van der Waals surface area contributed by atoms with E-state index in [1.54, 1.807) is 0 Å². The predicted octanol–water partition coefficient (Wildman–Crippen LogP) is 2.28. The first kappa shape index (κ1) is 11.4. The Balaban J connectivity index is 4.15. The summed E-state index contributed by atoms with van der Waals surface area (Å²) in [6.07, 6.45) is 0. The van der Waals surface area contributed by atoms with Gasteiger partial charge < -0.3 is 4.90 Å². The highest BCUT2D eigenvalue weighted by atomic mass is 127. The van der Waals surface area contributed by atoms with Crippen molar-refractivity contribution in [2.24, 2.45) is 0 Å². The van der Waals surface area contributed by atoms with Gasteiger partial charge in [-0.2, -0.15) is 0 Å². The monoisotopic (exact) mass is 286 g/mol. The van der Waals surface area contributed by atoms with Crippen molar-refractivity contribution >= 4 is 40.2 Å². The molecule has 0 bridgehead atoms. The molecule has 0 heterocycles. The zero-order valence-corrected chi connectivity index (χ0v) is 10.4. The molecule has 0 saturated heterocycles. The van der Waals surface area contributed by atoms with Crippen LogP contribution in [0.25, 0.3) is 0 Å². The van der Waals surface area contributed by atoms with Crippen LogP contribution in [0.4, 0.5) is 0 Å². The summed E-state index contributed by atoms with van der Waals surface area (Å²) >= 11 is 7.41. The maximum atomic E-state index is 5.22. The van der Waals surface area contributed by atoms with Crippen LogP contribution in [0.2, 0.25) is 0 Å². The van der Waals surface area contributed by atoms with Crippen molar-refractivity contribution in [2.75, 3.05) is 13.6 Å². The van der Waals surface area contributed by atoms with Crippen molar-refractivity contribution < 1.29 is 0 Å². The van der Waals surface area contributed by atoms with Gasteiger partial charge in [-0.15, -0.1) is 0 Å². The lowest BCUT2D eigenvalue weighted by molar-refractivity contribution is 0.354. The van der Waals surface area contributed by atoms with E-state index in [-0.39, 0.29) is 0 Å². The van der Waals surface area contributed by atoms with Crippen molar-refractivity contribution in [3.63, 3.8) is 0 Å². The van der Waals surface area contributed by atoms with Crippen LogP contribution in [-0.2, 0) is 0 Å². The molecule has 0 aromatic rings. The molecular weight excluding hydrogens is 271 g/mol. The average Bonchev–Trinajstić information content (AvgIpc) is 1.88. The van der Waals surface area contributed by atoms with Crippen LogP contribution in [0.3, 0.4) is 0 Å². The standard InChI is InChI=1S/C7H15IN2S/c1-5-10(6(2)3)7(11)9(4)8/h6H,5H2,1-4H3. The minimum absolute atomic E-state index is 0.490. The summed E-state index contributed by atoms with van der Waals surface area (Å²) in [7, 11) is 1.97. The molecule has 0 aliphatic carbocycles. The molecule has 0 N–H and O–H groups in total. The van der Waals surface area contributed by atoms with E-state index >= 15 is 0 Å². The second kappa shape index (κ2) is 5.13. The highest BCUT2D eigenvalue weighted by Gasteiger charge is 2.12. The quantitative estimate of drug-likeness (QED) is 0.437. The van der Waals surface area contributed by atoms with Gasteiger partial charge in [0.25, 0.3) is 0 Å². The Labute approximate surface area is 88.4 Å². The maximum Gasteiger partial charge on any atom is 0.180 e. The summed E-state index contributed by atoms with van der Waals surface area (Å²) in [5.41, 5.74) is 0. The van der Waals surface area contributed by atoms with Crippen LogP contribution in [0.5, 0.6) is 0 Å². The zero-order chi connectivity index (χ0) is 9.02. The van der Waals surface area contributed by atoms with E-state index in [0.717, 1.165) is 11.7 Å². The van der Waals surface area contributed by atoms with Crippen molar-refractivity contribution in [3.05, 3.63) is 0 Å². The third kappa shape index (κ3) is 3.55. The summed E-state index contributed by atoms with van der Waals surface area (Å²) in [5, 5.41) is 0.906. The fraction of sp³-hybridized carbons (Fsp3) is 0.857. The van der Waals surface area contributed by atoms with E-state index in [1.165, 1.54) is 0 Å². The molecule has 0 aromatic heterocycles. The third-order valence-corrected chi connectivity index (χ3v) is 2.77. The second-order valence-corrected chi connectivity index (χ2v) is 4.45. The molecule has 4 heteroatoms. The highest BCUT2D eigenvalue weighted by Crippen LogP contribution is 2.06. The fourth-order valence-corrected chi connectivity index (χ4v) is 1.52. The summed E-state index contributed by atoms with van der Waals surface area (Å²) < 4.78 is 1.94. The molecule has 0 radical (unpaired) electrons. The van der Waals surface area contributed by atoms with Gasteiger partial charge in [-0.25, -0.2) is 0 Å². The van der Waals surface area contributed by atoms with Crippen LogP contribution in [-0.4, -0.2) is 32.8 Å². The van der Waals surface area contributed by atoms with E-state index in [4.69, 9.17) is 12.2 Å². The van der Waals surface area contributed by atoms with E-state index in [1.807, 2.05) is 10.2 Å². The molecule has 0 unspecified atom stereocenters. The SMILES string of the molecule is CCN(C(=S)N(C)I)C(C)C. The summed E-state index contributed by atoms with van der Waals surface area (Å²) in [4.78, 5) is 2.18. The fourth-order valence-electron chi connectivity index (χ4n) is 0.898. The Hall–Kier alpha value is 0.420. The van der Waals surface area contributed by atoms with E-state index in [9.17, 15) is 0 Å². The zero-order valence-electron chi connectivity index (χ0n) is 7.47. The Morgan fingerprint density at radius 3 is 2.09 bits per heavy atom. The minimum Gasteiger partial charge on any atom is -0.346 e. The molecular formula is C7H15IN2S. The molecule has 0 fully saturated rings. The second-order valence-electron chi connectivity index (χ2n) is 2.64. The van der Waals surface area contributed by atoms with Crippen molar-refractivity contribution in [1.82, 2.24) is 8.01 Å². The lowest BCUT2D eigenvalue weighted by Gasteiger charge is -2.30. The lowest BCUT2D eigenvalue weighted by Crippen LogP contribution is -2.40. The van der Waals surface area contributed by atoms with Crippen LogP contribution in [0.15, 0.2) is 0 Å². The van der Waals surface area contributed by atoms with Crippen LogP contribution >= 0.6 is 35.1 Å². The Morgan fingerprint density at radius 1 is 1.55 bits per heavy atom. The molecule has 0 atom stereocenters. The molecule has 0 saturated carbocycles. The first-order valence-electron chi connectivity index (χ1n) is 3.70. The van der Waals surface area contributed by atoms with E-state index in [2.05, 4.69) is 48.5 Å². The third-order valence-electron chi connectivity index (χ3n) is 1.47. The molecule has 66 valence electrons. The van der Waals surface area contributed by atoms with Gasteiger partial charge in [-0.1, -0.05) is 0 Å². The highest BCUT2D eigenvalue weighted by molar-refractivity contribution is 14.1. The first-order valence-corrected chi connectivity index (χ1v) is 5.08. The topological polar surface area (TPSA) is 6.48 Å². The molecule has 11 heavy (non-hydrogen) atoms. The van der Waals surface area contributed by atoms with Gasteiger partial charge >= 0.3 is 0 Å². The van der Waals surface area contributed by atoms with Gasteiger partial charge in [0.1, 0.15) is 0 Å².